The predicted octanol–water partition coefficient (Wildman–Crippen LogP) is 3.80. The standard InChI is InChI=1S/C23H29N3O4/c1-14(2)21-13-30-23(28)26(21)19-9-17(20-7-6-15(3)11-24-20)8-18(10-19)22(27)25-16(4)12-29-5/h6-11,14,16,21H,12-13H2,1-5H3,(H,25,27). The van der Waals surface area contributed by atoms with Crippen molar-refractivity contribution in [2.75, 3.05) is 25.2 Å². The van der Waals surface area contributed by atoms with Gasteiger partial charge in [0.05, 0.1) is 18.3 Å². The Labute approximate surface area is 177 Å². The lowest BCUT2D eigenvalue weighted by Crippen LogP contribution is -2.38. The van der Waals surface area contributed by atoms with Crippen molar-refractivity contribution in [1.82, 2.24) is 10.3 Å². The largest absolute Gasteiger partial charge is 0.447 e. The Morgan fingerprint density at radius 1 is 1.30 bits per heavy atom. The number of ether oxygens (including phenoxy) is 2. The highest BCUT2D eigenvalue weighted by Gasteiger charge is 2.36. The Kier molecular flexibility index (Phi) is 6.72. The Balaban J connectivity index is 2.05. The first kappa shape index (κ1) is 21.8. The molecule has 0 saturated carbocycles. The molecule has 7 nitrogen and oxygen atoms in total. The van der Waals surface area contributed by atoms with Crippen LogP contribution in [0.5, 0.6) is 0 Å². The van der Waals surface area contributed by atoms with Gasteiger partial charge < -0.3 is 14.8 Å². The first-order valence-electron chi connectivity index (χ1n) is 10.1. The van der Waals surface area contributed by atoms with Gasteiger partial charge in [0.15, 0.2) is 0 Å². The van der Waals surface area contributed by atoms with E-state index in [0.29, 0.717) is 24.5 Å². The zero-order chi connectivity index (χ0) is 21.8. The summed E-state index contributed by atoms with van der Waals surface area (Å²) in [6, 6.07) is 9.04. The number of aromatic nitrogens is 1. The minimum atomic E-state index is -0.401. The average molecular weight is 412 g/mol. The summed E-state index contributed by atoms with van der Waals surface area (Å²) in [5, 5.41) is 2.93. The molecule has 2 aromatic rings. The van der Waals surface area contributed by atoms with Crippen molar-refractivity contribution in [2.24, 2.45) is 5.92 Å². The molecule has 0 aliphatic carbocycles. The number of carbonyl (C=O) groups excluding carboxylic acids is 2. The summed E-state index contributed by atoms with van der Waals surface area (Å²) >= 11 is 0. The van der Waals surface area contributed by atoms with E-state index in [4.69, 9.17) is 9.47 Å². The first-order chi connectivity index (χ1) is 14.3. The Morgan fingerprint density at radius 3 is 2.70 bits per heavy atom. The molecule has 1 aromatic heterocycles. The van der Waals surface area contributed by atoms with E-state index in [1.807, 2.05) is 45.9 Å². The van der Waals surface area contributed by atoms with Crippen LogP contribution in [0, 0.1) is 12.8 Å². The summed E-state index contributed by atoms with van der Waals surface area (Å²) in [6.07, 6.45) is 1.38. The minimum absolute atomic E-state index is 0.0953. The van der Waals surface area contributed by atoms with Gasteiger partial charge in [-0.15, -0.1) is 0 Å². The molecule has 2 amide bonds. The van der Waals surface area contributed by atoms with Crippen LogP contribution in [0.3, 0.4) is 0 Å². The Morgan fingerprint density at radius 2 is 2.07 bits per heavy atom. The topological polar surface area (TPSA) is 80.8 Å². The van der Waals surface area contributed by atoms with Crippen LogP contribution < -0.4 is 10.2 Å². The van der Waals surface area contributed by atoms with E-state index in [9.17, 15) is 9.59 Å². The second-order valence-corrected chi connectivity index (χ2v) is 8.08. The summed E-state index contributed by atoms with van der Waals surface area (Å²) < 4.78 is 10.4. The van der Waals surface area contributed by atoms with Crippen molar-refractivity contribution in [3.63, 3.8) is 0 Å². The SMILES string of the molecule is COCC(C)NC(=O)c1cc(-c2ccc(C)cn2)cc(N2C(=O)OCC2C(C)C)c1. The fourth-order valence-electron chi connectivity index (χ4n) is 3.49. The molecule has 0 spiro atoms. The molecule has 2 unspecified atom stereocenters. The molecule has 1 fully saturated rings. The third-order valence-electron chi connectivity index (χ3n) is 5.13. The number of hydrogen-bond donors (Lipinski definition) is 1. The number of anilines is 1. The number of benzene rings is 1. The molecule has 0 bridgehead atoms. The van der Waals surface area contributed by atoms with Crippen LogP contribution in [-0.2, 0) is 9.47 Å². The molecule has 1 aliphatic rings. The van der Waals surface area contributed by atoms with E-state index < -0.39 is 6.09 Å². The number of carbonyl (C=O) groups is 2. The highest BCUT2D eigenvalue weighted by Crippen LogP contribution is 2.32. The smallest absolute Gasteiger partial charge is 0.414 e. The van der Waals surface area contributed by atoms with Gasteiger partial charge in [-0.2, -0.15) is 0 Å². The van der Waals surface area contributed by atoms with Gasteiger partial charge in [-0.3, -0.25) is 14.7 Å². The number of rotatable bonds is 7. The summed E-state index contributed by atoms with van der Waals surface area (Å²) in [5.41, 5.74) is 3.62. The molecule has 1 aliphatic heterocycles. The number of amides is 2. The summed E-state index contributed by atoms with van der Waals surface area (Å²) in [5.74, 6) is -0.0277. The molecule has 2 atom stereocenters. The molecule has 2 heterocycles. The monoisotopic (exact) mass is 411 g/mol. The van der Waals surface area contributed by atoms with E-state index in [0.717, 1.165) is 16.8 Å². The third kappa shape index (κ3) is 4.79. The van der Waals surface area contributed by atoms with Crippen LogP contribution in [0.2, 0.25) is 0 Å². The summed E-state index contributed by atoms with van der Waals surface area (Å²) in [4.78, 5) is 31.5. The number of hydrogen-bond acceptors (Lipinski definition) is 5. The predicted molar refractivity (Wildman–Crippen MR) is 116 cm³/mol. The third-order valence-corrected chi connectivity index (χ3v) is 5.13. The van der Waals surface area contributed by atoms with Crippen LogP contribution in [0.1, 0.15) is 36.7 Å². The number of methoxy groups -OCH3 is 1. The van der Waals surface area contributed by atoms with Crippen molar-refractivity contribution in [1.29, 1.82) is 0 Å². The zero-order valence-corrected chi connectivity index (χ0v) is 18.1. The number of pyridine rings is 1. The van der Waals surface area contributed by atoms with Crippen molar-refractivity contribution < 1.29 is 19.1 Å². The highest BCUT2D eigenvalue weighted by molar-refractivity contribution is 5.99. The lowest BCUT2D eigenvalue weighted by atomic mass is 10.0. The van der Waals surface area contributed by atoms with Gasteiger partial charge in [-0.1, -0.05) is 19.9 Å². The normalized spacial score (nSPS) is 17.2. The van der Waals surface area contributed by atoms with Crippen LogP contribution in [0.4, 0.5) is 10.5 Å². The molecule has 1 saturated heterocycles. The lowest BCUT2D eigenvalue weighted by molar-refractivity contribution is 0.0905. The maximum Gasteiger partial charge on any atom is 0.414 e. The van der Waals surface area contributed by atoms with Gasteiger partial charge in [-0.25, -0.2) is 4.79 Å². The van der Waals surface area contributed by atoms with Gasteiger partial charge in [-0.05, 0) is 49.6 Å². The van der Waals surface area contributed by atoms with Crippen molar-refractivity contribution >= 4 is 17.7 Å². The van der Waals surface area contributed by atoms with E-state index in [2.05, 4.69) is 10.3 Å². The van der Waals surface area contributed by atoms with Crippen molar-refractivity contribution in [3.05, 3.63) is 47.7 Å². The van der Waals surface area contributed by atoms with Gasteiger partial charge >= 0.3 is 6.09 Å². The number of aryl methyl sites for hydroxylation is 1. The second kappa shape index (κ2) is 9.26. The second-order valence-electron chi connectivity index (χ2n) is 8.08. The quantitative estimate of drug-likeness (QED) is 0.749. The van der Waals surface area contributed by atoms with Crippen LogP contribution in [-0.4, -0.2) is 49.4 Å². The van der Waals surface area contributed by atoms with Crippen molar-refractivity contribution in [2.45, 2.75) is 39.8 Å². The average Bonchev–Trinajstić information content (AvgIpc) is 3.10. The molecule has 3 rings (SSSR count). The van der Waals surface area contributed by atoms with E-state index >= 15 is 0 Å². The molecule has 0 radical (unpaired) electrons. The van der Waals surface area contributed by atoms with E-state index in [1.165, 1.54) is 0 Å². The molecule has 7 heteroatoms. The van der Waals surface area contributed by atoms with E-state index in [-0.39, 0.29) is 23.9 Å². The van der Waals surface area contributed by atoms with Gasteiger partial charge in [0.1, 0.15) is 6.61 Å². The van der Waals surface area contributed by atoms with Crippen LogP contribution in [0.15, 0.2) is 36.5 Å². The molecular weight excluding hydrogens is 382 g/mol. The highest BCUT2D eigenvalue weighted by atomic mass is 16.6. The zero-order valence-electron chi connectivity index (χ0n) is 18.1. The van der Waals surface area contributed by atoms with Crippen LogP contribution >= 0.6 is 0 Å². The van der Waals surface area contributed by atoms with Gasteiger partial charge in [0.25, 0.3) is 5.91 Å². The Bertz CT molecular complexity index is 911. The first-order valence-corrected chi connectivity index (χ1v) is 10.1. The minimum Gasteiger partial charge on any atom is -0.447 e. The van der Waals surface area contributed by atoms with E-state index in [1.54, 1.807) is 30.3 Å². The maximum absolute atomic E-state index is 12.9. The molecule has 160 valence electrons. The summed E-state index contributed by atoms with van der Waals surface area (Å²) in [6.45, 7) is 8.68. The molecule has 1 aromatic carbocycles. The molecule has 30 heavy (non-hydrogen) atoms. The Hall–Kier alpha value is -2.93. The fourth-order valence-corrected chi connectivity index (χ4v) is 3.49. The number of cyclic esters (lactones) is 1. The molecular formula is C23H29N3O4. The van der Waals surface area contributed by atoms with Crippen LogP contribution in [0.25, 0.3) is 11.3 Å². The van der Waals surface area contributed by atoms with Crippen molar-refractivity contribution in [3.8, 4) is 11.3 Å². The molecule has 1 N–H and O–H groups in total. The number of nitrogens with one attached hydrogen (secondary N) is 1. The lowest BCUT2D eigenvalue weighted by Gasteiger charge is -2.25. The number of nitrogens with zero attached hydrogens (tertiary/aromatic N) is 2. The van der Waals surface area contributed by atoms with Gasteiger partial charge in [0.2, 0.25) is 0 Å². The fraction of sp³-hybridized carbons (Fsp3) is 0.435. The maximum atomic E-state index is 12.9. The van der Waals surface area contributed by atoms with Gasteiger partial charge in [0, 0.05) is 36.2 Å². The summed E-state index contributed by atoms with van der Waals surface area (Å²) in [7, 11) is 1.59.